The molecule has 6 nitrogen and oxygen atoms in total. The van der Waals surface area contributed by atoms with Crippen LogP contribution in [0.15, 0.2) is 66.1 Å². The summed E-state index contributed by atoms with van der Waals surface area (Å²) in [7, 11) is 1.65. The summed E-state index contributed by atoms with van der Waals surface area (Å²) < 4.78 is 6.93. The fraction of sp³-hybridized carbons (Fsp3) is 0.261. The molecule has 0 fully saturated rings. The maximum atomic E-state index is 12.7. The fourth-order valence-electron chi connectivity index (χ4n) is 2.95. The van der Waals surface area contributed by atoms with Gasteiger partial charge in [-0.15, -0.1) is 23.4 Å². The van der Waals surface area contributed by atoms with Gasteiger partial charge in [0.05, 0.1) is 31.5 Å². The molecule has 30 heavy (non-hydrogen) atoms. The van der Waals surface area contributed by atoms with E-state index in [1.54, 1.807) is 29.6 Å². The van der Waals surface area contributed by atoms with E-state index in [0.29, 0.717) is 12.3 Å². The van der Waals surface area contributed by atoms with Crippen molar-refractivity contribution in [1.29, 1.82) is 0 Å². The van der Waals surface area contributed by atoms with Crippen LogP contribution in [0.1, 0.15) is 23.9 Å². The summed E-state index contributed by atoms with van der Waals surface area (Å²) in [5.74, 6) is 1.35. The quantitative estimate of drug-likeness (QED) is 0.385. The van der Waals surface area contributed by atoms with E-state index in [4.69, 9.17) is 4.74 Å². The molecule has 1 amide bonds. The average Bonchev–Trinajstić information content (AvgIpc) is 3.14. The van der Waals surface area contributed by atoms with E-state index < -0.39 is 0 Å². The molecule has 0 spiro atoms. The Bertz CT molecular complexity index is 981. The SMILES string of the molecule is C=CCn1nnc(CSc2ccc(OC)cc2)c1CC(=O)Nc1ccc(CC)cc1. The monoisotopic (exact) mass is 422 g/mol. The Balaban J connectivity index is 1.69. The number of carbonyl (C=O) groups excluding carboxylic acids is 1. The highest BCUT2D eigenvalue weighted by molar-refractivity contribution is 7.98. The molecule has 1 N–H and O–H groups in total. The van der Waals surface area contributed by atoms with E-state index in [1.165, 1.54) is 5.56 Å². The molecule has 1 heterocycles. The van der Waals surface area contributed by atoms with E-state index in [2.05, 4.69) is 29.1 Å². The maximum absolute atomic E-state index is 12.7. The van der Waals surface area contributed by atoms with Crippen LogP contribution >= 0.6 is 11.8 Å². The van der Waals surface area contributed by atoms with Gasteiger partial charge >= 0.3 is 0 Å². The number of amides is 1. The molecule has 0 aliphatic carbocycles. The highest BCUT2D eigenvalue weighted by atomic mass is 32.2. The zero-order chi connectivity index (χ0) is 21.3. The Morgan fingerprint density at radius 2 is 1.93 bits per heavy atom. The van der Waals surface area contributed by atoms with Gasteiger partial charge in [-0.2, -0.15) is 0 Å². The lowest BCUT2D eigenvalue weighted by Crippen LogP contribution is -2.18. The number of ether oxygens (including phenoxy) is 1. The third-order valence-corrected chi connectivity index (χ3v) is 5.65. The number of hydrogen-bond donors (Lipinski definition) is 1. The van der Waals surface area contributed by atoms with Gasteiger partial charge in [0.2, 0.25) is 5.91 Å². The van der Waals surface area contributed by atoms with Crippen LogP contribution in [0.5, 0.6) is 5.75 Å². The van der Waals surface area contributed by atoms with Crippen molar-refractivity contribution in [2.24, 2.45) is 0 Å². The number of aryl methyl sites for hydroxylation is 1. The minimum atomic E-state index is -0.0949. The molecule has 3 aromatic rings. The number of rotatable bonds is 10. The number of hydrogen-bond acceptors (Lipinski definition) is 5. The van der Waals surface area contributed by atoms with Crippen LogP contribution in [-0.4, -0.2) is 28.0 Å². The first kappa shape index (κ1) is 21.6. The highest BCUT2D eigenvalue weighted by Crippen LogP contribution is 2.25. The zero-order valence-electron chi connectivity index (χ0n) is 17.3. The summed E-state index contributed by atoms with van der Waals surface area (Å²) in [6.07, 6.45) is 2.92. The number of carbonyl (C=O) groups is 1. The van der Waals surface area contributed by atoms with Crippen molar-refractivity contribution >= 4 is 23.4 Å². The third-order valence-electron chi connectivity index (χ3n) is 4.63. The molecular weight excluding hydrogens is 396 g/mol. The molecule has 0 aliphatic rings. The van der Waals surface area contributed by atoms with Crippen molar-refractivity contribution in [2.45, 2.75) is 37.0 Å². The number of aromatic nitrogens is 3. The van der Waals surface area contributed by atoms with Crippen molar-refractivity contribution in [3.05, 3.63) is 78.1 Å². The molecule has 156 valence electrons. The first-order valence-electron chi connectivity index (χ1n) is 9.80. The summed E-state index contributed by atoms with van der Waals surface area (Å²) in [4.78, 5) is 13.8. The molecule has 0 bridgehead atoms. The molecule has 0 aliphatic heterocycles. The van der Waals surface area contributed by atoms with Gasteiger partial charge in [0.25, 0.3) is 0 Å². The molecule has 0 atom stereocenters. The second-order valence-electron chi connectivity index (χ2n) is 6.69. The lowest BCUT2D eigenvalue weighted by Gasteiger charge is -2.09. The number of nitrogens with zero attached hydrogens (tertiary/aromatic N) is 3. The van der Waals surface area contributed by atoms with E-state index in [9.17, 15) is 4.79 Å². The molecule has 3 rings (SSSR count). The van der Waals surface area contributed by atoms with Crippen molar-refractivity contribution in [3.63, 3.8) is 0 Å². The second-order valence-corrected chi connectivity index (χ2v) is 7.74. The standard InChI is InChI=1S/C23H26N4O2S/c1-4-14-27-22(15-23(28)24-18-8-6-17(5-2)7-9-18)21(25-26-27)16-30-20-12-10-19(29-3)11-13-20/h4,6-13H,1,5,14-16H2,2-3H3,(H,24,28). The number of thioether (sulfide) groups is 1. The predicted molar refractivity (Wildman–Crippen MR) is 121 cm³/mol. The molecule has 1 aromatic heterocycles. The van der Waals surface area contributed by atoms with E-state index in [1.807, 2.05) is 48.5 Å². The first-order valence-corrected chi connectivity index (χ1v) is 10.8. The van der Waals surface area contributed by atoms with Gasteiger partial charge in [0.1, 0.15) is 5.75 Å². The minimum Gasteiger partial charge on any atom is -0.497 e. The smallest absolute Gasteiger partial charge is 0.230 e. The second kappa shape index (κ2) is 10.6. The van der Waals surface area contributed by atoms with Gasteiger partial charge < -0.3 is 10.1 Å². The van der Waals surface area contributed by atoms with Gasteiger partial charge in [0.15, 0.2) is 0 Å². The normalized spacial score (nSPS) is 10.6. The predicted octanol–water partition coefficient (Wildman–Crippen LogP) is 4.51. The lowest BCUT2D eigenvalue weighted by molar-refractivity contribution is -0.115. The van der Waals surface area contributed by atoms with E-state index >= 15 is 0 Å². The number of allylic oxidation sites excluding steroid dienone is 1. The van der Waals surface area contributed by atoms with Crippen molar-refractivity contribution in [3.8, 4) is 5.75 Å². The Morgan fingerprint density at radius 3 is 2.57 bits per heavy atom. The number of nitrogens with one attached hydrogen (secondary N) is 1. The highest BCUT2D eigenvalue weighted by Gasteiger charge is 2.16. The van der Waals surface area contributed by atoms with Crippen LogP contribution in [-0.2, 0) is 29.9 Å². The zero-order valence-corrected chi connectivity index (χ0v) is 18.1. The van der Waals surface area contributed by atoms with Crippen LogP contribution in [0.25, 0.3) is 0 Å². The molecule has 0 unspecified atom stereocenters. The van der Waals surface area contributed by atoms with Crippen LogP contribution in [0.3, 0.4) is 0 Å². The van der Waals surface area contributed by atoms with Crippen LogP contribution < -0.4 is 10.1 Å². The van der Waals surface area contributed by atoms with E-state index in [0.717, 1.165) is 34.1 Å². The largest absolute Gasteiger partial charge is 0.497 e. The Kier molecular flexibility index (Phi) is 7.68. The number of anilines is 1. The molecule has 7 heteroatoms. The summed E-state index contributed by atoms with van der Waals surface area (Å²) in [6, 6.07) is 15.8. The summed E-state index contributed by atoms with van der Waals surface area (Å²) >= 11 is 1.64. The minimum absolute atomic E-state index is 0.0949. The molecule has 0 radical (unpaired) electrons. The Labute approximate surface area is 181 Å². The van der Waals surface area contributed by atoms with Gasteiger partial charge in [-0.25, -0.2) is 4.68 Å². The first-order chi connectivity index (χ1) is 14.6. The van der Waals surface area contributed by atoms with Gasteiger partial charge in [-0.3, -0.25) is 4.79 Å². The number of benzene rings is 2. The van der Waals surface area contributed by atoms with Crippen molar-refractivity contribution in [2.75, 3.05) is 12.4 Å². The lowest BCUT2D eigenvalue weighted by atomic mass is 10.1. The fourth-order valence-corrected chi connectivity index (χ4v) is 3.80. The summed E-state index contributed by atoms with van der Waals surface area (Å²) in [5.41, 5.74) is 3.63. The van der Waals surface area contributed by atoms with E-state index in [-0.39, 0.29) is 12.3 Å². The van der Waals surface area contributed by atoms with Crippen LogP contribution in [0, 0.1) is 0 Å². The van der Waals surface area contributed by atoms with Crippen LogP contribution in [0.4, 0.5) is 5.69 Å². The summed E-state index contributed by atoms with van der Waals surface area (Å²) in [5, 5.41) is 11.5. The average molecular weight is 423 g/mol. The van der Waals surface area contributed by atoms with Crippen LogP contribution in [0.2, 0.25) is 0 Å². The summed E-state index contributed by atoms with van der Waals surface area (Å²) in [6.45, 7) is 6.39. The molecular formula is C23H26N4O2S. The van der Waals surface area contributed by atoms with Crippen molar-refractivity contribution < 1.29 is 9.53 Å². The maximum Gasteiger partial charge on any atom is 0.230 e. The number of methoxy groups -OCH3 is 1. The molecule has 0 saturated carbocycles. The Hall–Kier alpha value is -3.06. The Morgan fingerprint density at radius 1 is 1.20 bits per heavy atom. The van der Waals surface area contributed by atoms with Gasteiger partial charge in [-0.05, 0) is 48.4 Å². The molecule has 0 saturated heterocycles. The van der Waals surface area contributed by atoms with Crippen molar-refractivity contribution in [1.82, 2.24) is 15.0 Å². The van der Waals surface area contributed by atoms with Gasteiger partial charge in [-0.1, -0.05) is 30.3 Å². The van der Waals surface area contributed by atoms with Gasteiger partial charge in [0, 0.05) is 16.3 Å². The molecule has 2 aromatic carbocycles. The third kappa shape index (κ3) is 5.73. The topological polar surface area (TPSA) is 69.0 Å².